The Bertz CT molecular complexity index is 1350. The molecule has 32 heavy (non-hydrogen) atoms. The van der Waals surface area contributed by atoms with Gasteiger partial charge in [0.1, 0.15) is 29.1 Å². The van der Waals surface area contributed by atoms with Crippen LogP contribution in [0.3, 0.4) is 0 Å². The normalized spacial score (nSPS) is 10.8. The number of ether oxygens (including phenoxy) is 3. The van der Waals surface area contributed by atoms with Crippen molar-refractivity contribution in [3.8, 4) is 23.0 Å². The summed E-state index contributed by atoms with van der Waals surface area (Å²) >= 11 is 6.19. The smallest absolute Gasteiger partial charge is 0.343 e. The van der Waals surface area contributed by atoms with Crippen LogP contribution < -0.4 is 19.6 Å². The minimum atomic E-state index is -0.539. The topological polar surface area (TPSA) is 75.0 Å². The van der Waals surface area contributed by atoms with Gasteiger partial charge in [-0.2, -0.15) is 0 Å². The summed E-state index contributed by atoms with van der Waals surface area (Å²) < 4.78 is 21.8. The monoisotopic (exact) mass is 450 g/mol. The highest BCUT2D eigenvalue weighted by molar-refractivity contribution is 6.32. The summed E-state index contributed by atoms with van der Waals surface area (Å²) in [6.45, 7) is 3.72. The van der Waals surface area contributed by atoms with E-state index >= 15 is 0 Å². The summed E-state index contributed by atoms with van der Waals surface area (Å²) in [6.07, 6.45) is 1.24. The quantitative estimate of drug-likeness (QED) is 0.271. The summed E-state index contributed by atoms with van der Waals surface area (Å²) in [5, 5.41) is 0.953. The van der Waals surface area contributed by atoms with Crippen molar-refractivity contribution in [3.05, 3.63) is 92.8 Å². The third-order valence-electron chi connectivity index (χ3n) is 4.89. The van der Waals surface area contributed by atoms with Crippen molar-refractivity contribution >= 4 is 28.5 Å². The summed E-state index contributed by atoms with van der Waals surface area (Å²) in [5.41, 5.74) is 1.98. The van der Waals surface area contributed by atoms with Crippen molar-refractivity contribution in [3.63, 3.8) is 0 Å². The van der Waals surface area contributed by atoms with Crippen LogP contribution in [0.4, 0.5) is 0 Å². The molecule has 1 heterocycles. The zero-order valence-corrected chi connectivity index (χ0v) is 18.4. The number of hydrogen-bond donors (Lipinski definition) is 0. The molecule has 0 spiro atoms. The highest BCUT2D eigenvalue weighted by Crippen LogP contribution is 2.29. The molecule has 1 aromatic heterocycles. The van der Waals surface area contributed by atoms with Crippen molar-refractivity contribution in [1.29, 1.82) is 0 Å². The summed E-state index contributed by atoms with van der Waals surface area (Å²) in [5.74, 6) is 0.875. The lowest BCUT2D eigenvalue weighted by Crippen LogP contribution is -2.09. The van der Waals surface area contributed by atoms with Crippen LogP contribution in [0, 0.1) is 13.8 Å². The van der Waals surface area contributed by atoms with Crippen molar-refractivity contribution in [2.75, 3.05) is 7.11 Å². The average Bonchev–Trinajstić information content (AvgIpc) is 2.79. The van der Waals surface area contributed by atoms with Gasteiger partial charge in [0.25, 0.3) is 0 Å². The Balaban J connectivity index is 1.58. The van der Waals surface area contributed by atoms with Crippen molar-refractivity contribution < 1.29 is 23.4 Å². The van der Waals surface area contributed by atoms with E-state index in [4.69, 9.17) is 30.2 Å². The fourth-order valence-electron chi connectivity index (χ4n) is 3.21. The van der Waals surface area contributed by atoms with Gasteiger partial charge < -0.3 is 18.6 Å². The summed E-state index contributed by atoms with van der Waals surface area (Å²) in [4.78, 5) is 25.2. The Labute approximate surface area is 188 Å². The molecular weight excluding hydrogens is 432 g/mol. The highest BCUT2D eigenvalue weighted by Gasteiger charge is 2.14. The Morgan fingerprint density at radius 1 is 0.906 bits per heavy atom. The number of carbonyl (C=O) groups is 1. The number of halogens is 1. The van der Waals surface area contributed by atoms with Gasteiger partial charge >= 0.3 is 5.97 Å². The molecule has 0 bridgehead atoms. The standard InChI is InChI=1S/C25H19ClO6/c1-14-10-19(11-15(2)23(14)26)31-22-13-30-21-12-18(8-9-20(21)24(22)27)32-25(28)16-4-6-17(29-3)7-5-16/h4-13H,1-3H3. The molecule has 0 saturated heterocycles. The first kappa shape index (κ1) is 21.5. The van der Waals surface area contributed by atoms with E-state index in [9.17, 15) is 9.59 Å². The van der Waals surface area contributed by atoms with Crippen LogP contribution in [-0.2, 0) is 0 Å². The maximum atomic E-state index is 12.9. The van der Waals surface area contributed by atoms with Gasteiger partial charge in [-0.1, -0.05) is 11.6 Å². The van der Waals surface area contributed by atoms with Crippen LogP contribution >= 0.6 is 11.6 Å². The average molecular weight is 451 g/mol. The minimum absolute atomic E-state index is 0.0431. The number of benzene rings is 3. The molecule has 3 aromatic carbocycles. The molecule has 0 aliphatic carbocycles. The Morgan fingerprint density at radius 2 is 1.56 bits per heavy atom. The zero-order chi connectivity index (χ0) is 22.8. The van der Waals surface area contributed by atoms with Gasteiger partial charge in [0.2, 0.25) is 11.2 Å². The molecule has 4 aromatic rings. The van der Waals surface area contributed by atoms with Crippen LogP contribution in [0.5, 0.6) is 23.0 Å². The molecule has 0 aliphatic rings. The van der Waals surface area contributed by atoms with Crippen molar-refractivity contribution in [1.82, 2.24) is 0 Å². The van der Waals surface area contributed by atoms with E-state index in [1.807, 2.05) is 13.8 Å². The minimum Gasteiger partial charge on any atom is -0.497 e. The van der Waals surface area contributed by atoms with E-state index in [1.54, 1.807) is 43.5 Å². The van der Waals surface area contributed by atoms with Gasteiger partial charge in [-0.3, -0.25) is 4.79 Å². The van der Waals surface area contributed by atoms with Gasteiger partial charge in [0.15, 0.2) is 0 Å². The molecule has 0 saturated carbocycles. The van der Waals surface area contributed by atoms with Crippen LogP contribution in [0.15, 0.2) is 70.1 Å². The van der Waals surface area contributed by atoms with E-state index in [0.29, 0.717) is 27.5 Å². The van der Waals surface area contributed by atoms with Crippen LogP contribution in [0.2, 0.25) is 5.02 Å². The van der Waals surface area contributed by atoms with Crippen molar-refractivity contribution in [2.45, 2.75) is 13.8 Å². The second-order valence-electron chi connectivity index (χ2n) is 7.18. The predicted molar refractivity (Wildman–Crippen MR) is 121 cm³/mol. The summed E-state index contributed by atoms with van der Waals surface area (Å²) in [6, 6.07) is 14.6. The van der Waals surface area contributed by atoms with Gasteiger partial charge in [-0.05, 0) is 73.5 Å². The van der Waals surface area contributed by atoms with Crippen LogP contribution in [-0.4, -0.2) is 13.1 Å². The molecule has 7 heteroatoms. The Kier molecular flexibility index (Phi) is 5.88. The van der Waals surface area contributed by atoms with Gasteiger partial charge in [0, 0.05) is 11.1 Å². The number of rotatable bonds is 5. The molecule has 0 unspecified atom stereocenters. The maximum absolute atomic E-state index is 12.9. The van der Waals surface area contributed by atoms with Crippen LogP contribution in [0.25, 0.3) is 11.0 Å². The second kappa shape index (κ2) is 8.77. The van der Waals surface area contributed by atoms with Gasteiger partial charge in [-0.15, -0.1) is 0 Å². The molecule has 162 valence electrons. The second-order valence-corrected chi connectivity index (χ2v) is 7.56. The van der Waals surface area contributed by atoms with Crippen LogP contribution in [0.1, 0.15) is 21.5 Å². The van der Waals surface area contributed by atoms with E-state index in [0.717, 1.165) is 11.1 Å². The molecule has 0 radical (unpaired) electrons. The molecule has 0 amide bonds. The largest absolute Gasteiger partial charge is 0.497 e. The van der Waals surface area contributed by atoms with E-state index in [1.165, 1.54) is 24.5 Å². The molecule has 4 rings (SSSR count). The first-order valence-electron chi connectivity index (χ1n) is 9.72. The SMILES string of the molecule is COc1ccc(C(=O)Oc2ccc3c(=O)c(Oc4cc(C)c(Cl)c(C)c4)coc3c2)cc1. The molecule has 6 nitrogen and oxygen atoms in total. The number of aryl methyl sites for hydroxylation is 2. The van der Waals surface area contributed by atoms with Gasteiger partial charge in [0.05, 0.1) is 18.1 Å². The third kappa shape index (κ3) is 4.31. The van der Waals surface area contributed by atoms with Gasteiger partial charge in [-0.25, -0.2) is 4.79 Å². The number of esters is 1. The van der Waals surface area contributed by atoms with E-state index in [-0.39, 0.29) is 22.5 Å². The zero-order valence-electron chi connectivity index (χ0n) is 17.6. The highest BCUT2D eigenvalue weighted by atomic mass is 35.5. The van der Waals surface area contributed by atoms with E-state index in [2.05, 4.69) is 0 Å². The Hall–Kier alpha value is -3.77. The first-order chi connectivity index (χ1) is 15.4. The predicted octanol–water partition coefficient (Wildman–Crippen LogP) is 6.08. The van der Waals surface area contributed by atoms with E-state index < -0.39 is 5.97 Å². The number of methoxy groups -OCH3 is 1. The first-order valence-corrected chi connectivity index (χ1v) is 10.1. The Morgan fingerprint density at radius 3 is 2.22 bits per heavy atom. The lowest BCUT2D eigenvalue weighted by molar-refractivity contribution is 0.0735. The third-order valence-corrected chi connectivity index (χ3v) is 5.48. The fraction of sp³-hybridized carbons (Fsp3) is 0.120. The number of carbonyl (C=O) groups excluding carboxylic acids is 1. The molecular formula is C25H19ClO6. The number of hydrogen-bond acceptors (Lipinski definition) is 6. The van der Waals surface area contributed by atoms with Crippen molar-refractivity contribution in [2.24, 2.45) is 0 Å². The molecule has 0 N–H and O–H groups in total. The maximum Gasteiger partial charge on any atom is 0.343 e. The lowest BCUT2D eigenvalue weighted by atomic mass is 10.1. The molecule has 0 fully saturated rings. The fourth-order valence-corrected chi connectivity index (χ4v) is 3.32. The summed E-state index contributed by atoms with van der Waals surface area (Å²) in [7, 11) is 1.55. The lowest BCUT2D eigenvalue weighted by Gasteiger charge is -2.10. The molecule has 0 aliphatic heterocycles. The molecule has 0 atom stereocenters. The number of fused-ring (bicyclic) bond motifs is 1.